The van der Waals surface area contributed by atoms with E-state index < -0.39 is 10.0 Å². The normalized spacial score (nSPS) is 19.1. The first kappa shape index (κ1) is 31.1. The highest BCUT2D eigenvalue weighted by Gasteiger charge is 2.41. The van der Waals surface area contributed by atoms with Crippen LogP contribution in [0.4, 0.5) is 5.69 Å². The Morgan fingerprint density at radius 2 is 1.54 bits per heavy atom. The van der Waals surface area contributed by atoms with E-state index in [9.17, 15) is 22.8 Å². The molecule has 0 aliphatic carbocycles. The smallest absolute Gasteiger partial charge is 0.243 e. The van der Waals surface area contributed by atoms with Gasteiger partial charge in [0.1, 0.15) is 0 Å². The Bertz CT molecular complexity index is 1100. The molecular weight excluding hydrogens is 516 g/mol. The Morgan fingerprint density at radius 1 is 0.974 bits per heavy atom. The van der Waals surface area contributed by atoms with Gasteiger partial charge in [0.15, 0.2) is 0 Å². The van der Waals surface area contributed by atoms with Crippen LogP contribution in [0.1, 0.15) is 79.6 Å². The number of anilines is 1. The fourth-order valence-electron chi connectivity index (χ4n) is 5.27. The number of piperidine rings is 1. The highest BCUT2D eigenvalue weighted by atomic mass is 32.2. The lowest BCUT2D eigenvalue weighted by atomic mass is 9.94. The number of hydrogen-bond acceptors (Lipinski definition) is 5. The topological polar surface area (TPSA) is 107 Å². The number of nitrogens with zero attached hydrogens (tertiary/aromatic N) is 3. The molecule has 9 nitrogen and oxygen atoms in total. The number of carbonyl (C=O) groups excluding carboxylic acids is 3. The van der Waals surface area contributed by atoms with Gasteiger partial charge in [0.25, 0.3) is 0 Å². The molecule has 0 aromatic heterocycles. The number of sulfonamides is 1. The zero-order valence-corrected chi connectivity index (χ0v) is 25.1. The molecule has 0 bridgehead atoms. The Balaban J connectivity index is 1.53. The van der Waals surface area contributed by atoms with Gasteiger partial charge in [-0.25, -0.2) is 8.42 Å². The predicted octanol–water partition coefficient (Wildman–Crippen LogP) is 4.10. The van der Waals surface area contributed by atoms with Crippen molar-refractivity contribution in [2.24, 2.45) is 11.8 Å². The summed E-state index contributed by atoms with van der Waals surface area (Å²) in [5.41, 5.74) is 0.251. The van der Waals surface area contributed by atoms with Gasteiger partial charge < -0.3 is 15.1 Å². The van der Waals surface area contributed by atoms with Gasteiger partial charge in [-0.1, -0.05) is 26.7 Å². The van der Waals surface area contributed by atoms with Crippen LogP contribution in [0.3, 0.4) is 0 Å². The van der Waals surface area contributed by atoms with Crippen molar-refractivity contribution in [3.8, 4) is 0 Å². The van der Waals surface area contributed by atoms with E-state index in [0.717, 1.165) is 25.7 Å². The minimum absolute atomic E-state index is 0.00215. The number of amides is 3. The first-order chi connectivity index (χ1) is 18.4. The van der Waals surface area contributed by atoms with Gasteiger partial charge in [0.2, 0.25) is 27.7 Å². The second-order valence-corrected chi connectivity index (χ2v) is 13.7. The van der Waals surface area contributed by atoms with Crippen LogP contribution in [0.2, 0.25) is 0 Å². The van der Waals surface area contributed by atoms with Crippen molar-refractivity contribution in [1.29, 1.82) is 0 Å². The van der Waals surface area contributed by atoms with Crippen molar-refractivity contribution in [2.45, 2.75) is 90.0 Å². The molecule has 1 atom stereocenters. The fourth-order valence-corrected chi connectivity index (χ4v) is 6.78. The van der Waals surface area contributed by atoms with E-state index in [1.807, 2.05) is 34.6 Å². The molecule has 1 N–H and O–H groups in total. The van der Waals surface area contributed by atoms with Gasteiger partial charge in [-0.3, -0.25) is 14.4 Å². The number of nitrogens with one attached hydrogen (secondary N) is 1. The van der Waals surface area contributed by atoms with E-state index in [-0.39, 0.29) is 46.4 Å². The summed E-state index contributed by atoms with van der Waals surface area (Å²) in [6.07, 6.45) is 4.83. The van der Waals surface area contributed by atoms with Gasteiger partial charge in [-0.05, 0) is 70.7 Å². The molecule has 0 spiro atoms. The molecular formula is C29H46N4O5S. The maximum atomic E-state index is 13.2. The largest absolute Gasteiger partial charge is 0.342 e. The Morgan fingerprint density at radius 3 is 2.03 bits per heavy atom. The van der Waals surface area contributed by atoms with Gasteiger partial charge in [-0.15, -0.1) is 0 Å². The molecule has 1 aromatic rings. The van der Waals surface area contributed by atoms with Crippen LogP contribution in [0.25, 0.3) is 0 Å². The van der Waals surface area contributed by atoms with Crippen molar-refractivity contribution in [2.75, 3.05) is 38.0 Å². The standard InChI is InChI=1S/C29H46N4O5S/c1-6-8-16-32(17-9-7-2)39(37,38)25-12-10-24(11-13-25)30-27(35)22-14-18-31(19-15-22)28(36)23-20-26(34)33(21-23)29(3,4)5/h10-13,22-23H,6-9,14-21H2,1-5H3,(H,30,35). The van der Waals surface area contributed by atoms with Crippen LogP contribution in [-0.2, 0) is 24.4 Å². The van der Waals surface area contributed by atoms with Crippen LogP contribution in [-0.4, -0.2) is 78.5 Å². The number of hydrogen-bond donors (Lipinski definition) is 1. The predicted molar refractivity (Wildman–Crippen MR) is 153 cm³/mol. The van der Waals surface area contributed by atoms with Gasteiger partial charge in [0.05, 0.1) is 10.8 Å². The number of benzene rings is 1. The van der Waals surface area contributed by atoms with Crippen molar-refractivity contribution in [3.05, 3.63) is 24.3 Å². The molecule has 2 fully saturated rings. The van der Waals surface area contributed by atoms with E-state index in [1.165, 1.54) is 0 Å². The SMILES string of the molecule is CCCCN(CCCC)S(=O)(=O)c1ccc(NC(=O)C2CCN(C(=O)C3CC(=O)N(C(C)(C)C)C3)CC2)cc1. The summed E-state index contributed by atoms with van der Waals surface area (Å²) in [4.78, 5) is 42.2. The van der Waals surface area contributed by atoms with Crippen LogP contribution in [0, 0.1) is 11.8 Å². The molecule has 3 amide bonds. The summed E-state index contributed by atoms with van der Waals surface area (Å²) in [5, 5.41) is 2.91. The number of carbonyl (C=O) groups is 3. The first-order valence-electron chi connectivity index (χ1n) is 14.4. The molecule has 1 aromatic carbocycles. The molecule has 2 heterocycles. The summed E-state index contributed by atoms with van der Waals surface area (Å²) < 4.78 is 27.9. The minimum Gasteiger partial charge on any atom is -0.342 e. The number of likely N-dealkylation sites (tertiary alicyclic amines) is 2. The summed E-state index contributed by atoms with van der Waals surface area (Å²) in [6.45, 7) is 12.4. The monoisotopic (exact) mass is 562 g/mol. The van der Waals surface area contributed by atoms with Crippen LogP contribution in [0.5, 0.6) is 0 Å². The van der Waals surface area contributed by atoms with Crippen LogP contribution in [0.15, 0.2) is 29.2 Å². The van der Waals surface area contributed by atoms with Crippen LogP contribution < -0.4 is 5.32 Å². The van der Waals surface area contributed by atoms with Gasteiger partial charge >= 0.3 is 0 Å². The third-order valence-corrected chi connectivity index (χ3v) is 9.66. The fraction of sp³-hybridized carbons (Fsp3) is 0.690. The van der Waals surface area contributed by atoms with Crippen molar-refractivity contribution in [3.63, 3.8) is 0 Å². The summed E-state index contributed by atoms with van der Waals surface area (Å²) in [5.74, 6) is -0.662. The van der Waals surface area contributed by atoms with E-state index >= 15 is 0 Å². The van der Waals surface area contributed by atoms with Crippen molar-refractivity contribution < 1.29 is 22.8 Å². The molecule has 2 aliphatic heterocycles. The van der Waals surface area contributed by atoms with E-state index in [4.69, 9.17) is 0 Å². The Labute approximate surface area is 234 Å². The molecule has 218 valence electrons. The van der Waals surface area contributed by atoms with Crippen molar-refractivity contribution >= 4 is 33.4 Å². The number of unbranched alkanes of at least 4 members (excludes halogenated alkanes) is 2. The highest BCUT2D eigenvalue weighted by Crippen LogP contribution is 2.29. The average Bonchev–Trinajstić information content (AvgIpc) is 3.31. The van der Waals surface area contributed by atoms with Crippen molar-refractivity contribution in [1.82, 2.24) is 14.1 Å². The summed E-state index contributed by atoms with van der Waals surface area (Å²) in [7, 11) is -3.59. The van der Waals surface area contributed by atoms with E-state index in [1.54, 1.807) is 38.4 Å². The molecule has 2 aliphatic rings. The van der Waals surface area contributed by atoms with Gasteiger partial charge in [-0.2, -0.15) is 4.31 Å². The molecule has 2 saturated heterocycles. The molecule has 0 radical (unpaired) electrons. The maximum Gasteiger partial charge on any atom is 0.243 e. The number of rotatable bonds is 11. The second-order valence-electron chi connectivity index (χ2n) is 11.8. The Kier molecular flexibility index (Phi) is 10.6. The molecule has 1 unspecified atom stereocenters. The zero-order valence-electron chi connectivity index (χ0n) is 24.2. The molecule has 39 heavy (non-hydrogen) atoms. The third-order valence-electron chi connectivity index (χ3n) is 7.74. The van der Waals surface area contributed by atoms with E-state index in [0.29, 0.717) is 51.3 Å². The summed E-state index contributed by atoms with van der Waals surface area (Å²) in [6, 6.07) is 6.39. The molecule has 10 heteroatoms. The highest BCUT2D eigenvalue weighted by molar-refractivity contribution is 7.89. The summed E-state index contributed by atoms with van der Waals surface area (Å²) >= 11 is 0. The average molecular weight is 563 g/mol. The van der Waals surface area contributed by atoms with E-state index in [2.05, 4.69) is 5.32 Å². The Hall–Kier alpha value is -2.46. The second kappa shape index (κ2) is 13.3. The third kappa shape index (κ3) is 7.81. The molecule has 3 rings (SSSR count). The van der Waals surface area contributed by atoms with Crippen LogP contribution >= 0.6 is 0 Å². The lowest BCUT2D eigenvalue weighted by molar-refractivity contribution is -0.138. The lowest BCUT2D eigenvalue weighted by Crippen LogP contribution is -2.46. The van der Waals surface area contributed by atoms with Gasteiger partial charge in [0, 0.05) is 56.3 Å². The lowest BCUT2D eigenvalue weighted by Gasteiger charge is -2.34. The quantitative estimate of drug-likeness (QED) is 0.437. The maximum absolute atomic E-state index is 13.2. The minimum atomic E-state index is -3.59. The molecule has 0 saturated carbocycles. The first-order valence-corrected chi connectivity index (χ1v) is 15.8. The zero-order chi connectivity index (χ0) is 28.8.